The van der Waals surface area contributed by atoms with E-state index in [1.807, 2.05) is 31.3 Å². The van der Waals surface area contributed by atoms with Gasteiger partial charge in [-0.25, -0.2) is 0 Å². The van der Waals surface area contributed by atoms with Gasteiger partial charge in [0, 0.05) is 79.5 Å². The van der Waals surface area contributed by atoms with Gasteiger partial charge in [0.1, 0.15) is 0 Å². The Balaban J connectivity index is 1.36. The van der Waals surface area contributed by atoms with E-state index in [4.69, 9.17) is 0 Å². The summed E-state index contributed by atoms with van der Waals surface area (Å²) in [5.74, 6) is 5.52. The zero-order valence-electron chi connectivity index (χ0n) is 21.3. The number of amides is 1. The van der Waals surface area contributed by atoms with Crippen molar-refractivity contribution >= 4 is 22.4 Å². The summed E-state index contributed by atoms with van der Waals surface area (Å²) in [4.78, 5) is 25.6. The van der Waals surface area contributed by atoms with E-state index in [0.29, 0.717) is 17.7 Å². The number of likely N-dealkylation sites (N-methyl/N-ethyl adjacent to an activating group) is 1. The molecule has 4 aromatic rings. The Bertz CT molecular complexity index is 1560. The number of carbonyl (C=O) groups is 1. The minimum absolute atomic E-state index is 0.0808. The monoisotopic (exact) mass is 529 g/mol. The molecular formula is C30H26F3N5O. The van der Waals surface area contributed by atoms with Crippen molar-refractivity contribution in [1.82, 2.24) is 19.8 Å². The van der Waals surface area contributed by atoms with Crippen molar-refractivity contribution < 1.29 is 18.0 Å². The van der Waals surface area contributed by atoms with E-state index in [0.717, 1.165) is 54.6 Å². The molecule has 0 atom stereocenters. The molecular weight excluding hydrogens is 503 g/mol. The number of pyridine rings is 2. The van der Waals surface area contributed by atoms with Crippen LogP contribution in [-0.2, 0) is 12.7 Å². The molecule has 1 aliphatic heterocycles. The molecule has 3 heterocycles. The van der Waals surface area contributed by atoms with Crippen molar-refractivity contribution in [1.29, 1.82) is 0 Å². The predicted octanol–water partition coefficient (Wildman–Crippen LogP) is 5.05. The lowest BCUT2D eigenvalue weighted by Crippen LogP contribution is -2.43. The van der Waals surface area contributed by atoms with Crippen LogP contribution in [0.3, 0.4) is 0 Å². The number of halogens is 3. The van der Waals surface area contributed by atoms with Gasteiger partial charge in [0.25, 0.3) is 5.91 Å². The average Bonchev–Trinajstić information content (AvgIpc) is 2.93. The molecule has 1 amide bonds. The molecule has 1 saturated heterocycles. The molecule has 0 aliphatic carbocycles. The highest BCUT2D eigenvalue weighted by Gasteiger charge is 2.31. The molecule has 1 aliphatic rings. The van der Waals surface area contributed by atoms with Crippen LogP contribution in [0.2, 0.25) is 0 Å². The second kappa shape index (κ2) is 11.2. The van der Waals surface area contributed by atoms with E-state index in [1.165, 1.54) is 12.4 Å². The highest BCUT2D eigenvalue weighted by atomic mass is 19.4. The second-order valence-corrected chi connectivity index (χ2v) is 9.57. The fourth-order valence-corrected chi connectivity index (χ4v) is 4.47. The van der Waals surface area contributed by atoms with Gasteiger partial charge in [-0.2, -0.15) is 13.2 Å². The van der Waals surface area contributed by atoms with Crippen molar-refractivity contribution in [2.75, 3.05) is 38.5 Å². The standard InChI is InChI=1S/C30H26F3N5O/c1-37-8-10-38(11-9-37)20-22-13-26(30(31,32)33)15-27(14-22)36-29(39)25-12-21(16-34-19-25)6-7-24-18-35-17-23-4-2-3-5-28(23)24/h2-5,12-19H,8-11,20H2,1H3,(H,36,39). The van der Waals surface area contributed by atoms with Gasteiger partial charge in [-0.1, -0.05) is 36.1 Å². The molecule has 2 aromatic carbocycles. The van der Waals surface area contributed by atoms with Gasteiger partial charge >= 0.3 is 6.18 Å². The van der Waals surface area contributed by atoms with Crippen LogP contribution in [0.5, 0.6) is 0 Å². The maximum Gasteiger partial charge on any atom is 0.416 e. The number of aromatic nitrogens is 2. The normalized spacial score (nSPS) is 14.6. The molecule has 6 nitrogen and oxygen atoms in total. The van der Waals surface area contributed by atoms with Crippen molar-refractivity contribution in [3.8, 4) is 11.8 Å². The Labute approximate surface area is 224 Å². The number of hydrogen-bond acceptors (Lipinski definition) is 5. The third kappa shape index (κ3) is 6.60. The Kier molecular flexibility index (Phi) is 7.59. The molecule has 9 heteroatoms. The fourth-order valence-electron chi connectivity index (χ4n) is 4.47. The Morgan fingerprint density at radius 2 is 1.72 bits per heavy atom. The first-order valence-corrected chi connectivity index (χ1v) is 12.5. The molecule has 5 rings (SSSR count). The van der Waals surface area contributed by atoms with Crippen LogP contribution in [-0.4, -0.2) is 58.9 Å². The van der Waals surface area contributed by atoms with Gasteiger partial charge in [-0.3, -0.25) is 19.7 Å². The maximum atomic E-state index is 13.7. The van der Waals surface area contributed by atoms with Gasteiger partial charge in [-0.15, -0.1) is 0 Å². The number of hydrogen-bond donors (Lipinski definition) is 1. The van der Waals surface area contributed by atoms with Crippen LogP contribution < -0.4 is 5.32 Å². The zero-order chi connectivity index (χ0) is 27.4. The van der Waals surface area contributed by atoms with Gasteiger partial charge in [-0.05, 0) is 36.9 Å². The number of alkyl halides is 3. The van der Waals surface area contributed by atoms with E-state index in [9.17, 15) is 18.0 Å². The average molecular weight is 530 g/mol. The van der Waals surface area contributed by atoms with Crippen molar-refractivity contribution in [2.45, 2.75) is 12.7 Å². The first kappa shape index (κ1) is 26.4. The van der Waals surface area contributed by atoms with E-state index in [-0.39, 0.29) is 11.3 Å². The number of piperazine rings is 1. The Morgan fingerprint density at radius 3 is 2.51 bits per heavy atom. The molecule has 39 heavy (non-hydrogen) atoms. The number of nitrogens with zero attached hydrogens (tertiary/aromatic N) is 4. The van der Waals surface area contributed by atoms with E-state index in [2.05, 4.69) is 36.9 Å². The van der Waals surface area contributed by atoms with Crippen molar-refractivity contribution in [2.24, 2.45) is 0 Å². The lowest BCUT2D eigenvalue weighted by molar-refractivity contribution is -0.137. The summed E-state index contributed by atoms with van der Waals surface area (Å²) < 4.78 is 41.0. The van der Waals surface area contributed by atoms with Crippen molar-refractivity contribution in [3.05, 3.63) is 101 Å². The number of rotatable bonds is 4. The van der Waals surface area contributed by atoms with Crippen LogP contribution in [0, 0.1) is 11.8 Å². The zero-order valence-corrected chi connectivity index (χ0v) is 21.3. The van der Waals surface area contributed by atoms with Gasteiger partial charge in [0.15, 0.2) is 0 Å². The molecule has 0 radical (unpaired) electrons. The number of carbonyl (C=O) groups excluding carboxylic acids is 1. The summed E-state index contributed by atoms with van der Waals surface area (Å²) in [6.07, 6.45) is 1.79. The smallest absolute Gasteiger partial charge is 0.322 e. The van der Waals surface area contributed by atoms with Crippen molar-refractivity contribution in [3.63, 3.8) is 0 Å². The number of fused-ring (bicyclic) bond motifs is 1. The summed E-state index contributed by atoms with van der Waals surface area (Å²) >= 11 is 0. The fraction of sp³-hybridized carbons (Fsp3) is 0.233. The molecule has 0 bridgehead atoms. The molecule has 0 unspecified atom stereocenters. The summed E-state index contributed by atoms with van der Waals surface area (Å²) in [6.45, 7) is 3.61. The van der Waals surface area contributed by atoms with E-state index >= 15 is 0 Å². The maximum absolute atomic E-state index is 13.7. The molecule has 0 saturated carbocycles. The quantitative estimate of drug-likeness (QED) is 0.375. The van der Waals surface area contributed by atoms with Crippen LogP contribution >= 0.6 is 0 Å². The third-order valence-electron chi connectivity index (χ3n) is 6.59. The molecule has 198 valence electrons. The number of benzene rings is 2. The molecule has 1 fully saturated rings. The van der Waals surface area contributed by atoms with E-state index in [1.54, 1.807) is 24.5 Å². The largest absolute Gasteiger partial charge is 0.416 e. The first-order chi connectivity index (χ1) is 18.7. The molecule has 0 spiro atoms. The summed E-state index contributed by atoms with van der Waals surface area (Å²) in [6, 6.07) is 13.0. The topological polar surface area (TPSA) is 61.4 Å². The van der Waals surface area contributed by atoms with E-state index < -0.39 is 17.6 Å². The van der Waals surface area contributed by atoms with Gasteiger partial charge in [0.2, 0.25) is 0 Å². The SMILES string of the molecule is CN1CCN(Cc2cc(NC(=O)c3cncc(C#Cc4cncc5ccccc45)c3)cc(C(F)(F)F)c2)CC1. The first-order valence-electron chi connectivity index (χ1n) is 12.5. The number of nitrogens with one attached hydrogen (secondary N) is 1. The van der Waals surface area contributed by atoms with Crippen LogP contribution in [0.15, 0.2) is 73.3 Å². The minimum Gasteiger partial charge on any atom is -0.322 e. The van der Waals surface area contributed by atoms with Gasteiger partial charge in [0.05, 0.1) is 16.7 Å². The van der Waals surface area contributed by atoms with Crippen LogP contribution in [0.4, 0.5) is 18.9 Å². The van der Waals surface area contributed by atoms with Crippen LogP contribution in [0.1, 0.15) is 32.6 Å². The lowest BCUT2D eigenvalue weighted by Gasteiger charge is -2.32. The third-order valence-corrected chi connectivity index (χ3v) is 6.59. The summed E-state index contributed by atoms with van der Waals surface area (Å²) in [5.41, 5.74) is 1.19. The highest BCUT2D eigenvalue weighted by molar-refractivity contribution is 6.04. The molecule has 2 aromatic heterocycles. The Morgan fingerprint density at radius 1 is 0.949 bits per heavy atom. The van der Waals surface area contributed by atoms with Gasteiger partial charge < -0.3 is 10.2 Å². The Hall–Kier alpha value is -4.26. The second-order valence-electron chi connectivity index (χ2n) is 9.57. The number of anilines is 1. The minimum atomic E-state index is -4.54. The highest BCUT2D eigenvalue weighted by Crippen LogP contribution is 2.32. The predicted molar refractivity (Wildman–Crippen MR) is 144 cm³/mol. The summed E-state index contributed by atoms with van der Waals surface area (Å²) in [7, 11) is 2.02. The molecule has 1 N–H and O–H groups in total. The summed E-state index contributed by atoms with van der Waals surface area (Å²) in [5, 5.41) is 4.54. The lowest BCUT2D eigenvalue weighted by atomic mass is 10.1. The van der Waals surface area contributed by atoms with Crippen LogP contribution in [0.25, 0.3) is 10.8 Å².